The molecule has 0 aliphatic carbocycles. The number of nitrogens with zero attached hydrogens (tertiary/aromatic N) is 4. The molecule has 0 saturated carbocycles. The van der Waals surface area contributed by atoms with Gasteiger partial charge in [0.25, 0.3) is 5.56 Å². The van der Waals surface area contributed by atoms with Crippen LogP contribution in [-0.2, 0) is 0 Å². The van der Waals surface area contributed by atoms with Gasteiger partial charge in [-0.1, -0.05) is 30.3 Å². The van der Waals surface area contributed by atoms with Gasteiger partial charge < -0.3 is 13.7 Å². The van der Waals surface area contributed by atoms with E-state index in [1.54, 1.807) is 12.3 Å². The molecule has 0 aliphatic heterocycles. The second-order valence-corrected chi connectivity index (χ2v) is 9.05. The highest BCUT2D eigenvalue weighted by molar-refractivity contribution is 5.85. The molecule has 0 aliphatic rings. The molecule has 6 rings (SSSR count). The van der Waals surface area contributed by atoms with Crippen LogP contribution in [0.25, 0.3) is 39.1 Å². The fourth-order valence-corrected chi connectivity index (χ4v) is 4.78. The number of aryl methyl sites for hydroxylation is 1. The Morgan fingerprint density at radius 1 is 0.974 bits per heavy atom. The van der Waals surface area contributed by atoms with Gasteiger partial charge in [-0.25, -0.2) is 4.98 Å². The smallest absolute Gasteiger partial charge is 0.282 e. The van der Waals surface area contributed by atoms with Gasteiger partial charge in [-0.3, -0.25) is 4.79 Å². The van der Waals surface area contributed by atoms with E-state index in [0.717, 1.165) is 39.4 Å². The van der Waals surface area contributed by atoms with Gasteiger partial charge in [0.15, 0.2) is 5.76 Å². The van der Waals surface area contributed by atoms with Gasteiger partial charge in [-0.15, -0.1) is 0 Å². The van der Waals surface area contributed by atoms with Crippen LogP contribution < -0.4 is 10.3 Å². The van der Waals surface area contributed by atoms with Gasteiger partial charge in [-0.2, -0.15) is 9.78 Å². The number of furan rings is 1. The molecule has 0 radical (unpaired) electrons. The Kier molecular flexibility index (Phi) is 5.88. The topological polar surface area (TPSA) is 74.6 Å². The first-order valence-corrected chi connectivity index (χ1v) is 12.5. The molecule has 0 bridgehead atoms. The average Bonchev–Trinajstić information content (AvgIpc) is 3.49. The maximum absolute atomic E-state index is 13.6. The number of para-hydroxylation sites is 2. The summed E-state index contributed by atoms with van der Waals surface area (Å²) in [6, 6.07) is 26.9. The van der Waals surface area contributed by atoms with Crippen molar-refractivity contribution >= 4 is 28.1 Å². The van der Waals surface area contributed by atoms with E-state index < -0.39 is 0 Å². The van der Waals surface area contributed by atoms with E-state index in [2.05, 4.69) is 15.7 Å². The van der Waals surface area contributed by atoms with Crippen LogP contribution in [-0.4, -0.2) is 27.0 Å². The first-order chi connectivity index (χ1) is 18.5. The van der Waals surface area contributed by atoms with Crippen molar-refractivity contribution in [1.82, 2.24) is 14.2 Å². The Bertz CT molecular complexity index is 1840. The summed E-state index contributed by atoms with van der Waals surface area (Å²) in [4.78, 5) is 18.3. The number of hydrogen-bond donors (Lipinski definition) is 0. The van der Waals surface area contributed by atoms with Crippen molar-refractivity contribution in [2.75, 3.05) is 6.61 Å². The number of aromatic nitrogens is 3. The van der Waals surface area contributed by atoms with Crippen LogP contribution in [0.5, 0.6) is 5.75 Å². The zero-order valence-electron chi connectivity index (χ0n) is 21.4. The second kappa shape index (κ2) is 9.52. The van der Waals surface area contributed by atoms with Crippen LogP contribution in [0.4, 0.5) is 0 Å². The molecule has 0 atom stereocenters. The van der Waals surface area contributed by atoms with E-state index in [-0.39, 0.29) is 5.56 Å². The summed E-state index contributed by atoms with van der Waals surface area (Å²) in [7, 11) is 0. The first kappa shape index (κ1) is 23.5. The molecule has 3 aromatic heterocycles. The largest absolute Gasteiger partial charge is 0.494 e. The monoisotopic (exact) mass is 502 g/mol. The van der Waals surface area contributed by atoms with Crippen molar-refractivity contribution in [3.63, 3.8) is 0 Å². The van der Waals surface area contributed by atoms with Crippen LogP contribution in [0.2, 0.25) is 0 Å². The molecular weight excluding hydrogens is 476 g/mol. The molecule has 0 unspecified atom stereocenters. The highest BCUT2D eigenvalue weighted by atomic mass is 16.5. The van der Waals surface area contributed by atoms with Crippen LogP contribution in [0.3, 0.4) is 0 Å². The number of hydrogen-bond acceptors (Lipinski definition) is 5. The van der Waals surface area contributed by atoms with Crippen molar-refractivity contribution in [2.24, 2.45) is 5.10 Å². The lowest BCUT2D eigenvalue weighted by Crippen LogP contribution is -2.20. The summed E-state index contributed by atoms with van der Waals surface area (Å²) in [5.74, 6) is 1.66. The molecule has 7 nitrogen and oxygen atoms in total. The predicted octanol–water partition coefficient (Wildman–Crippen LogP) is 6.50. The Labute approximate surface area is 219 Å². The van der Waals surface area contributed by atoms with E-state index in [1.165, 1.54) is 4.68 Å². The molecule has 0 N–H and O–H groups in total. The number of benzene rings is 3. The molecule has 0 fully saturated rings. The summed E-state index contributed by atoms with van der Waals surface area (Å²) < 4.78 is 15.1. The molecule has 0 amide bonds. The Hall–Kier alpha value is -4.91. The highest BCUT2D eigenvalue weighted by Gasteiger charge is 2.17. The first-order valence-electron chi connectivity index (χ1n) is 12.5. The fourth-order valence-electron chi connectivity index (χ4n) is 4.78. The number of rotatable bonds is 6. The van der Waals surface area contributed by atoms with E-state index >= 15 is 0 Å². The van der Waals surface area contributed by atoms with Crippen molar-refractivity contribution in [2.45, 2.75) is 20.8 Å². The van der Waals surface area contributed by atoms with E-state index in [9.17, 15) is 4.79 Å². The zero-order chi connectivity index (χ0) is 26.2. The number of ether oxygens (including phenoxy) is 1. The van der Waals surface area contributed by atoms with Crippen LogP contribution in [0.15, 0.2) is 99.2 Å². The summed E-state index contributed by atoms with van der Waals surface area (Å²) >= 11 is 0. The van der Waals surface area contributed by atoms with Gasteiger partial charge in [0.1, 0.15) is 11.3 Å². The van der Waals surface area contributed by atoms with Crippen molar-refractivity contribution < 1.29 is 9.15 Å². The molecule has 3 heterocycles. The van der Waals surface area contributed by atoms with Gasteiger partial charge in [0.2, 0.25) is 5.82 Å². The Morgan fingerprint density at radius 3 is 2.53 bits per heavy atom. The Balaban J connectivity index is 1.46. The lowest BCUT2D eigenvalue weighted by Gasteiger charge is -2.11. The standard InChI is InChI=1S/C31H26N4O3/c1-4-37-25-15-13-24(14-16-25)34-20(2)17-23(21(34)3)19-32-35-30(29-18-22-9-5-8-12-28(22)38-29)33-27-11-7-6-10-26(27)31(35)36/h5-19H,4H2,1-3H3. The minimum absolute atomic E-state index is 0.261. The average molecular weight is 503 g/mol. The van der Waals surface area contributed by atoms with Gasteiger partial charge in [0.05, 0.1) is 23.7 Å². The Morgan fingerprint density at radius 2 is 1.74 bits per heavy atom. The second-order valence-electron chi connectivity index (χ2n) is 9.05. The third-order valence-corrected chi connectivity index (χ3v) is 6.59. The van der Waals surface area contributed by atoms with Gasteiger partial charge in [0, 0.05) is 28.0 Å². The quantitative estimate of drug-likeness (QED) is 0.244. The van der Waals surface area contributed by atoms with E-state index in [0.29, 0.717) is 29.1 Å². The molecule has 6 aromatic rings. The zero-order valence-corrected chi connectivity index (χ0v) is 21.4. The lowest BCUT2D eigenvalue weighted by atomic mass is 10.2. The number of fused-ring (bicyclic) bond motifs is 2. The highest BCUT2D eigenvalue weighted by Crippen LogP contribution is 2.27. The van der Waals surface area contributed by atoms with Gasteiger partial charge >= 0.3 is 0 Å². The lowest BCUT2D eigenvalue weighted by molar-refractivity contribution is 0.340. The summed E-state index contributed by atoms with van der Waals surface area (Å²) in [6.07, 6.45) is 1.71. The third-order valence-electron chi connectivity index (χ3n) is 6.59. The summed E-state index contributed by atoms with van der Waals surface area (Å²) in [5.41, 5.74) is 5.02. The van der Waals surface area contributed by atoms with Crippen molar-refractivity contribution in [1.29, 1.82) is 0 Å². The van der Waals surface area contributed by atoms with Crippen molar-refractivity contribution in [3.05, 3.63) is 112 Å². The predicted molar refractivity (Wildman–Crippen MR) is 151 cm³/mol. The molecule has 188 valence electrons. The normalized spacial score (nSPS) is 11.7. The van der Waals surface area contributed by atoms with Gasteiger partial charge in [-0.05, 0) is 75.4 Å². The molecular formula is C31H26N4O3. The van der Waals surface area contributed by atoms with E-state index in [4.69, 9.17) is 14.1 Å². The molecule has 7 heteroatoms. The summed E-state index contributed by atoms with van der Waals surface area (Å²) in [6.45, 7) is 6.67. The summed E-state index contributed by atoms with van der Waals surface area (Å²) in [5, 5.41) is 6.06. The minimum Gasteiger partial charge on any atom is -0.494 e. The SMILES string of the molecule is CCOc1ccc(-n2c(C)cc(C=Nn3c(-c4cc5ccccc5o4)nc4ccccc4c3=O)c2C)cc1. The molecule has 3 aromatic carbocycles. The van der Waals surface area contributed by atoms with Crippen LogP contribution in [0.1, 0.15) is 23.9 Å². The molecule has 0 spiro atoms. The van der Waals surface area contributed by atoms with Crippen LogP contribution >= 0.6 is 0 Å². The minimum atomic E-state index is -0.261. The maximum atomic E-state index is 13.6. The fraction of sp³-hybridized carbons (Fsp3) is 0.129. The third kappa shape index (κ3) is 4.08. The van der Waals surface area contributed by atoms with E-state index in [1.807, 2.05) is 93.6 Å². The molecule has 0 saturated heterocycles. The van der Waals surface area contributed by atoms with Crippen LogP contribution in [0, 0.1) is 13.8 Å². The maximum Gasteiger partial charge on any atom is 0.282 e. The molecule has 38 heavy (non-hydrogen) atoms. The van der Waals surface area contributed by atoms with Crippen molar-refractivity contribution in [3.8, 4) is 23.0 Å².